The maximum absolute atomic E-state index is 11.7. The van der Waals surface area contributed by atoms with E-state index in [9.17, 15) is 4.79 Å². The molecule has 5 nitrogen and oxygen atoms in total. The molecule has 27 heavy (non-hydrogen) atoms. The maximum atomic E-state index is 11.7. The fourth-order valence-electron chi connectivity index (χ4n) is 2.91. The molecular weight excluding hydrogens is 336 g/mol. The molecule has 0 unspecified atom stereocenters. The van der Waals surface area contributed by atoms with Crippen LogP contribution in [0.15, 0.2) is 65.7 Å². The highest BCUT2D eigenvalue weighted by atomic mass is 16.1. The Morgan fingerprint density at radius 2 is 1.48 bits per heavy atom. The summed E-state index contributed by atoms with van der Waals surface area (Å²) >= 11 is 0. The molecule has 0 radical (unpaired) electrons. The van der Waals surface area contributed by atoms with Crippen LogP contribution in [0.5, 0.6) is 0 Å². The van der Waals surface area contributed by atoms with Crippen LogP contribution in [-0.2, 0) is 4.79 Å². The second kappa shape index (κ2) is 11.0. The van der Waals surface area contributed by atoms with E-state index in [0.29, 0.717) is 25.5 Å². The summed E-state index contributed by atoms with van der Waals surface area (Å²) in [4.78, 5) is 16.0. The highest BCUT2D eigenvalue weighted by Crippen LogP contribution is 2.23. The van der Waals surface area contributed by atoms with Crippen molar-refractivity contribution >= 4 is 11.9 Å². The molecule has 1 amide bonds. The van der Waals surface area contributed by atoms with Crippen molar-refractivity contribution in [1.29, 1.82) is 0 Å². The zero-order valence-electron chi connectivity index (χ0n) is 16.4. The summed E-state index contributed by atoms with van der Waals surface area (Å²) in [7, 11) is 1.74. The number of aliphatic imine (C=N–C) groups is 1. The fraction of sp³-hybridized carbons (Fsp3) is 0.364. The van der Waals surface area contributed by atoms with Crippen LogP contribution >= 0.6 is 0 Å². The molecule has 2 aromatic carbocycles. The Kier molecular flexibility index (Phi) is 8.36. The van der Waals surface area contributed by atoms with E-state index in [-0.39, 0.29) is 17.9 Å². The van der Waals surface area contributed by atoms with E-state index < -0.39 is 0 Å². The summed E-state index contributed by atoms with van der Waals surface area (Å²) in [6, 6.07) is 21.0. The first-order valence-electron chi connectivity index (χ1n) is 9.44. The molecule has 0 aliphatic heterocycles. The minimum Gasteiger partial charge on any atom is -0.356 e. The van der Waals surface area contributed by atoms with Gasteiger partial charge in [0.1, 0.15) is 0 Å². The molecule has 0 aliphatic rings. The van der Waals surface area contributed by atoms with E-state index in [0.717, 1.165) is 0 Å². The van der Waals surface area contributed by atoms with E-state index in [1.54, 1.807) is 7.05 Å². The molecule has 0 fully saturated rings. The molecular formula is C22H30N4O. The Labute approximate surface area is 162 Å². The topological polar surface area (TPSA) is 65.5 Å². The lowest BCUT2D eigenvalue weighted by Gasteiger charge is -2.20. The molecule has 0 aromatic heterocycles. The van der Waals surface area contributed by atoms with Crippen LogP contribution in [0, 0.1) is 0 Å². The Morgan fingerprint density at radius 1 is 0.926 bits per heavy atom. The molecule has 0 aliphatic carbocycles. The second-order valence-corrected chi connectivity index (χ2v) is 6.73. The molecule has 144 valence electrons. The van der Waals surface area contributed by atoms with Crippen LogP contribution < -0.4 is 16.0 Å². The number of guanidine groups is 1. The lowest BCUT2D eigenvalue weighted by atomic mass is 9.91. The summed E-state index contributed by atoms with van der Waals surface area (Å²) < 4.78 is 0. The summed E-state index contributed by atoms with van der Waals surface area (Å²) in [5.74, 6) is 0.957. The zero-order chi connectivity index (χ0) is 19.5. The average Bonchev–Trinajstić information content (AvgIpc) is 2.68. The van der Waals surface area contributed by atoms with Crippen LogP contribution in [0.3, 0.4) is 0 Å². The highest BCUT2D eigenvalue weighted by Gasteiger charge is 2.14. The van der Waals surface area contributed by atoms with Gasteiger partial charge in [0, 0.05) is 38.5 Å². The first-order valence-corrected chi connectivity index (χ1v) is 9.44. The smallest absolute Gasteiger partial charge is 0.221 e. The molecule has 5 heteroatoms. The molecule has 0 saturated heterocycles. The minimum atomic E-state index is 0.0411. The molecule has 2 aromatic rings. The molecule has 0 bridgehead atoms. The van der Waals surface area contributed by atoms with Crippen molar-refractivity contribution in [2.75, 3.05) is 20.1 Å². The van der Waals surface area contributed by atoms with Crippen LogP contribution in [0.4, 0.5) is 0 Å². The van der Waals surface area contributed by atoms with Crippen molar-refractivity contribution in [2.24, 2.45) is 4.99 Å². The summed E-state index contributed by atoms with van der Waals surface area (Å²) in [6.07, 6.45) is 0.416. The first-order chi connectivity index (χ1) is 13.1. The minimum absolute atomic E-state index is 0.0411. The highest BCUT2D eigenvalue weighted by molar-refractivity contribution is 5.81. The fourth-order valence-corrected chi connectivity index (χ4v) is 2.91. The van der Waals surface area contributed by atoms with Gasteiger partial charge < -0.3 is 16.0 Å². The lowest BCUT2D eigenvalue weighted by molar-refractivity contribution is -0.121. The van der Waals surface area contributed by atoms with Crippen molar-refractivity contribution in [3.63, 3.8) is 0 Å². The van der Waals surface area contributed by atoms with Crippen LogP contribution in [-0.4, -0.2) is 38.0 Å². The third-order valence-corrected chi connectivity index (χ3v) is 4.20. The van der Waals surface area contributed by atoms with E-state index in [1.165, 1.54) is 11.1 Å². The number of hydrogen-bond donors (Lipinski definition) is 3. The van der Waals surface area contributed by atoms with Gasteiger partial charge in [-0.15, -0.1) is 0 Å². The molecule has 0 atom stereocenters. The van der Waals surface area contributed by atoms with Gasteiger partial charge in [0.05, 0.1) is 0 Å². The van der Waals surface area contributed by atoms with Crippen LogP contribution in [0.25, 0.3) is 0 Å². The Morgan fingerprint density at radius 3 is 1.96 bits per heavy atom. The SMILES string of the molecule is CN=C(NCCC(=O)NC(C)C)NCC(c1ccccc1)c1ccccc1. The maximum Gasteiger partial charge on any atom is 0.221 e. The normalized spacial score (nSPS) is 11.5. The molecule has 3 N–H and O–H groups in total. The Balaban J connectivity index is 1.94. The van der Waals surface area contributed by atoms with Crippen LogP contribution in [0.1, 0.15) is 37.3 Å². The van der Waals surface area contributed by atoms with E-state index in [2.05, 4.69) is 69.5 Å². The van der Waals surface area contributed by atoms with Gasteiger partial charge >= 0.3 is 0 Å². The van der Waals surface area contributed by atoms with E-state index >= 15 is 0 Å². The summed E-state index contributed by atoms with van der Waals surface area (Å²) in [5, 5.41) is 9.49. The largest absolute Gasteiger partial charge is 0.356 e. The number of carbonyl (C=O) groups is 1. The standard InChI is InChI=1S/C22H30N4O/c1-17(2)26-21(27)14-15-24-22(23-3)25-16-20(18-10-6-4-7-11-18)19-12-8-5-9-13-19/h4-13,17,20H,14-16H2,1-3H3,(H,26,27)(H2,23,24,25). The summed E-state index contributed by atoms with van der Waals surface area (Å²) in [5.41, 5.74) is 2.51. The first kappa shape index (κ1) is 20.5. The van der Waals surface area contributed by atoms with Crippen molar-refractivity contribution in [1.82, 2.24) is 16.0 Å². The number of benzene rings is 2. The van der Waals surface area contributed by atoms with Gasteiger partial charge in [-0.05, 0) is 25.0 Å². The van der Waals surface area contributed by atoms with Gasteiger partial charge in [-0.1, -0.05) is 60.7 Å². The molecule has 0 heterocycles. The predicted octanol–water partition coefficient (Wildman–Crippen LogP) is 2.90. The van der Waals surface area contributed by atoms with Crippen molar-refractivity contribution < 1.29 is 4.79 Å². The summed E-state index contributed by atoms with van der Waals surface area (Å²) in [6.45, 7) is 5.17. The van der Waals surface area contributed by atoms with Crippen molar-refractivity contribution in [3.05, 3.63) is 71.8 Å². The second-order valence-electron chi connectivity index (χ2n) is 6.73. The molecule has 0 saturated carbocycles. The van der Waals surface area contributed by atoms with Crippen molar-refractivity contribution in [2.45, 2.75) is 32.2 Å². The van der Waals surface area contributed by atoms with Gasteiger partial charge in [0.15, 0.2) is 5.96 Å². The quantitative estimate of drug-likeness (QED) is 0.497. The Hall–Kier alpha value is -2.82. The number of nitrogens with one attached hydrogen (secondary N) is 3. The number of nitrogens with zero attached hydrogens (tertiary/aromatic N) is 1. The molecule has 0 spiro atoms. The van der Waals surface area contributed by atoms with Gasteiger partial charge in [-0.25, -0.2) is 0 Å². The van der Waals surface area contributed by atoms with Gasteiger partial charge in [-0.3, -0.25) is 9.79 Å². The van der Waals surface area contributed by atoms with Crippen LogP contribution in [0.2, 0.25) is 0 Å². The number of hydrogen-bond acceptors (Lipinski definition) is 2. The van der Waals surface area contributed by atoms with Gasteiger partial charge in [0.2, 0.25) is 5.91 Å². The number of amides is 1. The third kappa shape index (κ3) is 7.13. The molecule has 2 rings (SSSR count). The van der Waals surface area contributed by atoms with Crippen molar-refractivity contribution in [3.8, 4) is 0 Å². The van der Waals surface area contributed by atoms with Gasteiger partial charge in [-0.2, -0.15) is 0 Å². The van der Waals surface area contributed by atoms with E-state index in [4.69, 9.17) is 0 Å². The van der Waals surface area contributed by atoms with Gasteiger partial charge in [0.25, 0.3) is 0 Å². The Bertz CT molecular complexity index is 674. The lowest BCUT2D eigenvalue weighted by Crippen LogP contribution is -2.41. The third-order valence-electron chi connectivity index (χ3n) is 4.20. The predicted molar refractivity (Wildman–Crippen MR) is 112 cm³/mol. The zero-order valence-corrected chi connectivity index (χ0v) is 16.4. The number of carbonyl (C=O) groups excluding carboxylic acids is 1. The average molecular weight is 367 g/mol. The number of rotatable bonds is 8. The van der Waals surface area contributed by atoms with E-state index in [1.807, 2.05) is 26.0 Å². The monoisotopic (exact) mass is 366 g/mol.